The molecule has 0 aliphatic heterocycles. The average Bonchev–Trinajstić information content (AvgIpc) is 2.53. The molecular weight excluding hydrogens is 321 g/mol. The Kier molecular flexibility index (Phi) is 4.30. The zero-order chi connectivity index (χ0) is 17.3. The van der Waals surface area contributed by atoms with Gasteiger partial charge in [-0.2, -0.15) is 22.0 Å². The Balaban J connectivity index is 2.82. The largest absolute Gasteiger partial charge is 0.496 e. The van der Waals surface area contributed by atoms with Gasteiger partial charge in [0.15, 0.2) is 5.60 Å². The van der Waals surface area contributed by atoms with Gasteiger partial charge in [-0.3, -0.25) is 4.98 Å². The van der Waals surface area contributed by atoms with Crippen molar-refractivity contribution in [3.05, 3.63) is 59.9 Å². The van der Waals surface area contributed by atoms with Crippen LogP contribution in [0.5, 0.6) is 5.75 Å². The minimum absolute atomic E-state index is 0.296. The molecule has 0 amide bonds. The lowest BCUT2D eigenvalue weighted by molar-refractivity contribution is -0.336. The van der Waals surface area contributed by atoms with Crippen LogP contribution in [0.15, 0.2) is 48.8 Å². The van der Waals surface area contributed by atoms with Crippen molar-refractivity contribution in [1.29, 1.82) is 0 Å². The lowest BCUT2D eigenvalue weighted by Crippen LogP contribution is -2.55. The standard InChI is InChI=1S/C15H12F5NO2/c1-23-12-5-3-2-4-11(12)13(22,10-6-8-21-9-7-10)14(16,17)15(18,19)20/h2-9,22H,1H3. The lowest BCUT2D eigenvalue weighted by atomic mass is 9.80. The molecule has 124 valence electrons. The number of alkyl halides is 5. The number of halogens is 5. The molecule has 0 bridgehead atoms. The summed E-state index contributed by atoms with van der Waals surface area (Å²) in [6, 6.07) is 6.56. The maximum absolute atomic E-state index is 14.2. The molecule has 2 aromatic rings. The Morgan fingerprint density at radius 3 is 2.04 bits per heavy atom. The molecular formula is C15H12F5NO2. The van der Waals surface area contributed by atoms with E-state index in [0.29, 0.717) is 0 Å². The van der Waals surface area contributed by atoms with Gasteiger partial charge in [-0.25, -0.2) is 0 Å². The molecule has 0 saturated heterocycles. The average molecular weight is 333 g/mol. The van der Waals surface area contributed by atoms with E-state index in [1.165, 1.54) is 18.2 Å². The van der Waals surface area contributed by atoms with Gasteiger partial charge in [0.25, 0.3) is 0 Å². The number of benzene rings is 1. The van der Waals surface area contributed by atoms with E-state index in [1.807, 2.05) is 0 Å². The number of ether oxygens (including phenoxy) is 1. The molecule has 1 unspecified atom stereocenters. The van der Waals surface area contributed by atoms with E-state index in [2.05, 4.69) is 4.98 Å². The van der Waals surface area contributed by atoms with Crippen LogP contribution >= 0.6 is 0 Å². The number of hydrogen-bond donors (Lipinski definition) is 1. The third-order valence-electron chi connectivity index (χ3n) is 3.41. The Morgan fingerprint density at radius 2 is 1.52 bits per heavy atom. The van der Waals surface area contributed by atoms with Gasteiger partial charge in [0, 0.05) is 18.0 Å². The van der Waals surface area contributed by atoms with Gasteiger partial charge >= 0.3 is 12.1 Å². The number of pyridine rings is 1. The molecule has 1 aromatic heterocycles. The maximum atomic E-state index is 14.2. The van der Waals surface area contributed by atoms with Crippen LogP contribution < -0.4 is 4.74 Å². The first kappa shape index (κ1) is 17.1. The highest BCUT2D eigenvalue weighted by Crippen LogP contribution is 2.53. The van der Waals surface area contributed by atoms with E-state index >= 15 is 0 Å². The fourth-order valence-electron chi connectivity index (χ4n) is 2.25. The summed E-state index contributed by atoms with van der Waals surface area (Å²) in [5, 5.41) is 10.6. The zero-order valence-corrected chi connectivity index (χ0v) is 11.8. The van der Waals surface area contributed by atoms with Gasteiger partial charge in [0.2, 0.25) is 0 Å². The second kappa shape index (κ2) is 5.77. The summed E-state index contributed by atoms with van der Waals surface area (Å²) in [7, 11) is 1.11. The molecule has 0 saturated carbocycles. The Morgan fingerprint density at radius 1 is 0.957 bits per heavy atom. The maximum Gasteiger partial charge on any atom is 0.457 e. The van der Waals surface area contributed by atoms with Crippen LogP contribution in [0.3, 0.4) is 0 Å². The third kappa shape index (κ3) is 2.63. The van der Waals surface area contributed by atoms with Crippen molar-refractivity contribution < 1.29 is 31.8 Å². The fourth-order valence-corrected chi connectivity index (χ4v) is 2.25. The number of hydrogen-bond acceptors (Lipinski definition) is 3. The Hall–Kier alpha value is -2.22. The van der Waals surface area contributed by atoms with Crippen molar-refractivity contribution in [3.63, 3.8) is 0 Å². The van der Waals surface area contributed by atoms with E-state index in [-0.39, 0.29) is 5.75 Å². The van der Waals surface area contributed by atoms with Gasteiger partial charge < -0.3 is 9.84 Å². The van der Waals surface area contributed by atoms with E-state index in [1.54, 1.807) is 0 Å². The van der Waals surface area contributed by atoms with Gasteiger partial charge in [-0.1, -0.05) is 18.2 Å². The minimum Gasteiger partial charge on any atom is -0.496 e. The second-order valence-electron chi connectivity index (χ2n) is 4.72. The topological polar surface area (TPSA) is 42.4 Å². The summed E-state index contributed by atoms with van der Waals surface area (Å²) < 4.78 is 72.2. The first-order valence-corrected chi connectivity index (χ1v) is 6.37. The predicted molar refractivity (Wildman–Crippen MR) is 71.2 cm³/mol. The van der Waals surface area contributed by atoms with Crippen LogP contribution in [0.4, 0.5) is 22.0 Å². The number of methoxy groups -OCH3 is 1. The quantitative estimate of drug-likeness (QED) is 0.871. The summed E-state index contributed by atoms with van der Waals surface area (Å²) in [6.45, 7) is 0. The minimum atomic E-state index is -5.98. The van der Waals surface area contributed by atoms with E-state index in [4.69, 9.17) is 4.74 Å². The molecule has 1 aromatic carbocycles. The van der Waals surface area contributed by atoms with Gasteiger partial charge in [-0.15, -0.1) is 0 Å². The van der Waals surface area contributed by atoms with E-state index in [0.717, 1.165) is 37.7 Å². The molecule has 0 aliphatic carbocycles. The van der Waals surface area contributed by atoms with Crippen LogP contribution in [0.1, 0.15) is 11.1 Å². The highest BCUT2D eigenvalue weighted by atomic mass is 19.4. The van der Waals surface area contributed by atoms with Gasteiger partial charge in [0.05, 0.1) is 7.11 Å². The van der Waals surface area contributed by atoms with Crippen LogP contribution in [-0.2, 0) is 5.60 Å². The molecule has 3 nitrogen and oxygen atoms in total. The van der Waals surface area contributed by atoms with Crippen molar-refractivity contribution in [2.45, 2.75) is 17.7 Å². The molecule has 2 rings (SSSR count). The molecule has 1 heterocycles. The third-order valence-corrected chi connectivity index (χ3v) is 3.41. The summed E-state index contributed by atoms with van der Waals surface area (Å²) in [4.78, 5) is 3.57. The summed E-state index contributed by atoms with van der Waals surface area (Å²) in [5.74, 6) is -5.76. The second-order valence-corrected chi connectivity index (χ2v) is 4.72. The molecule has 0 aliphatic rings. The van der Waals surface area contributed by atoms with Gasteiger partial charge in [0.1, 0.15) is 5.75 Å². The molecule has 0 fully saturated rings. The SMILES string of the molecule is COc1ccccc1C(O)(c1ccncc1)C(F)(F)C(F)(F)F. The number of para-hydroxylation sites is 1. The molecule has 0 spiro atoms. The first-order chi connectivity index (χ1) is 10.7. The number of rotatable bonds is 4. The molecule has 1 N–H and O–H groups in total. The van der Waals surface area contributed by atoms with E-state index in [9.17, 15) is 27.1 Å². The fraction of sp³-hybridized carbons (Fsp3) is 0.267. The van der Waals surface area contributed by atoms with Crippen molar-refractivity contribution in [3.8, 4) is 5.75 Å². The summed E-state index contributed by atoms with van der Waals surface area (Å²) in [6.07, 6.45) is -3.95. The van der Waals surface area contributed by atoms with Gasteiger partial charge in [-0.05, 0) is 23.8 Å². The van der Waals surface area contributed by atoms with Crippen LogP contribution in [-0.4, -0.2) is 29.3 Å². The Bertz CT molecular complexity index is 675. The van der Waals surface area contributed by atoms with Crippen LogP contribution in [0, 0.1) is 0 Å². The van der Waals surface area contributed by atoms with Crippen molar-refractivity contribution in [2.24, 2.45) is 0 Å². The van der Waals surface area contributed by atoms with E-state index < -0.39 is 28.8 Å². The summed E-state index contributed by atoms with van der Waals surface area (Å²) >= 11 is 0. The normalized spacial score (nSPS) is 15.1. The highest BCUT2D eigenvalue weighted by molar-refractivity contribution is 5.46. The Labute approximate surface area is 128 Å². The molecule has 0 radical (unpaired) electrons. The zero-order valence-electron chi connectivity index (χ0n) is 11.8. The number of aliphatic hydroxyl groups is 1. The van der Waals surface area contributed by atoms with Crippen molar-refractivity contribution in [1.82, 2.24) is 4.98 Å². The smallest absolute Gasteiger partial charge is 0.457 e. The lowest BCUT2D eigenvalue weighted by Gasteiger charge is -2.38. The monoisotopic (exact) mass is 333 g/mol. The summed E-state index contributed by atoms with van der Waals surface area (Å²) in [5.41, 5.74) is -5.02. The molecule has 1 atom stereocenters. The highest BCUT2D eigenvalue weighted by Gasteiger charge is 2.71. The first-order valence-electron chi connectivity index (χ1n) is 6.37. The van der Waals surface area contributed by atoms with Crippen molar-refractivity contribution in [2.75, 3.05) is 7.11 Å². The van der Waals surface area contributed by atoms with Crippen LogP contribution in [0.2, 0.25) is 0 Å². The number of aromatic nitrogens is 1. The van der Waals surface area contributed by atoms with Crippen molar-refractivity contribution >= 4 is 0 Å². The molecule has 8 heteroatoms. The predicted octanol–water partition coefficient (Wildman–Crippen LogP) is 3.52. The number of nitrogens with zero attached hydrogens (tertiary/aromatic N) is 1. The molecule has 23 heavy (non-hydrogen) atoms. The van der Waals surface area contributed by atoms with Crippen LogP contribution in [0.25, 0.3) is 0 Å².